The summed E-state index contributed by atoms with van der Waals surface area (Å²) in [7, 11) is 0. The highest BCUT2D eigenvalue weighted by atomic mass is 16.5. The first-order chi connectivity index (χ1) is 8.78. The minimum Gasteiger partial charge on any atom is -0.373 e. The predicted molar refractivity (Wildman–Crippen MR) is 64.3 cm³/mol. The third kappa shape index (κ3) is 1.80. The zero-order valence-corrected chi connectivity index (χ0v) is 10.4. The van der Waals surface area contributed by atoms with Crippen molar-refractivity contribution < 1.29 is 14.3 Å². The van der Waals surface area contributed by atoms with Crippen LogP contribution in [0.2, 0.25) is 0 Å². The largest absolute Gasteiger partial charge is 0.373 e. The van der Waals surface area contributed by atoms with Gasteiger partial charge in [-0.3, -0.25) is 0 Å². The Bertz CT molecular complexity index is 330. The maximum atomic E-state index is 12.0. The molecular weight excluding hydrogens is 232 g/mol. The first-order valence-corrected chi connectivity index (χ1v) is 7.16. The summed E-state index contributed by atoms with van der Waals surface area (Å²) >= 11 is 0. The number of amides is 2. The van der Waals surface area contributed by atoms with Crippen molar-refractivity contribution in [3.05, 3.63) is 0 Å². The zero-order valence-electron chi connectivity index (χ0n) is 10.4. The van der Waals surface area contributed by atoms with Crippen molar-refractivity contribution >= 4 is 6.03 Å². The fraction of sp³-hybridized carbons (Fsp3) is 0.923. The molecule has 5 heteroatoms. The number of urea groups is 1. The van der Waals surface area contributed by atoms with Crippen molar-refractivity contribution in [3.8, 4) is 0 Å². The molecule has 2 N–H and O–H groups in total. The number of carbonyl (C=O) groups is 1. The topological polar surface area (TPSA) is 59.6 Å². The van der Waals surface area contributed by atoms with Crippen molar-refractivity contribution in [3.63, 3.8) is 0 Å². The highest BCUT2D eigenvalue weighted by Crippen LogP contribution is 2.35. The van der Waals surface area contributed by atoms with Gasteiger partial charge in [0.2, 0.25) is 0 Å². The summed E-state index contributed by atoms with van der Waals surface area (Å²) in [6.07, 6.45) is 7.71. The lowest BCUT2D eigenvalue weighted by Crippen LogP contribution is -2.51. The van der Waals surface area contributed by atoms with Gasteiger partial charge in [0.15, 0.2) is 0 Å². The molecule has 4 aliphatic heterocycles. The van der Waals surface area contributed by atoms with Gasteiger partial charge in [-0.05, 0) is 38.5 Å². The molecule has 4 heterocycles. The summed E-state index contributed by atoms with van der Waals surface area (Å²) in [6.45, 7) is 0. The Balaban J connectivity index is 1.29. The number of hydrogen-bond donors (Lipinski definition) is 2. The normalized spacial score (nSPS) is 48.7. The van der Waals surface area contributed by atoms with Crippen LogP contribution < -0.4 is 10.6 Å². The highest BCUT2D eigenvalue weighted by molar-refractivity contribution is 5.74. The molecule has 0 radical (unpaired) electrons. The molecule has 0 aromatic rings. The van der Waals surface area contributed by atoms with E-state index in [9.17, 15) is 4.79 Å². The van der Waals surface area contributed by atoms with Crippen molar-refractivity contribution in [2.24, 2.45) is 0 Å². The molecule has 4 bridgehead atoms. The van der Waals surface area contributed by atoms with Gasteiger partial charge in [-0.2, -0.15) is 0 Å². The van der Waals surface area contributed by atoms with E-state index < -0.39 is 0 Å². The molecule has 0 aromatic carbocycles. The Morgan fingerprint density at radius 1 is 0.833 bits per heavy atom. The minimum absolute atomic E-state index is 0.0442. The lowest BCUT2D eigenvalue weighted by molar-refractivity contribution is 0.0957. The van der Waals surface area contributed by atoms with E-state index in [4.69, 9.17) is 9.47 Å². The van der Waals surface area contributed by atoms with Crippen LogP contribution in [0.3, 0.4) is 0 Å². The summed E-state index contributed by atoms with van der Waals surface area (Å²) < 4.78 is 11.5. The van der Waals surface area contributed by atoms with Gasteiger partial charge >= 0.3 is 6.03 Å². The minimum atomic E-state index is -0.0442. The van der Waals surface area contributed by atoms with Crippen LogP contribution in [0, 0.1) is 0 Å². The average Bonchev–Trinajstić information content (AvgIpc) is 3.08. The second kappa shape index (κ2) is 4.10. The molecule has 18 heavy (non-hydrogen) atoms. The van der Waals surface area contributed by atoms with E-state index in [1.807, 2.05) is 0 Å². The molecule has 0 aliphatic carbocycles. The van der Waals surface area contributed by atoms with E-state index in [2.05, 4.69) is 10.6 Å². The Kier molecular flexibility index (Phi) is 2.52. The fourth-order valence-electron chi connectivity index (χ4n) is 3.96. The van der Waals surface area contributed by atoms with E-state index in [0.29, 0.717) is 12.2 Å². The van der Waals surface area contributed by atoms with Gasteiger partial charge in [-0.25, -0.2) is 4.79 Å². The van der Waals surface area contributed by atoms with E-state index in [1.165, 1.54) is 0 Å². The highest BCUT2D eigenvalue weighted by Gasteiger charge is 2.43. The molecule has 4 aliphatic rings. The number of ether oxygens (including phenoxy) is 2. The van der Waals surface area contributed by atoms with Crippen LogP contribution in [0.15, 0.2) is 0 Å². The van der Waals surface area contributed by atoms with Crippen LogP contribution in [-0.2, 0) is 9.47 Å². The maximum absolute atomic E-state index is 12.0. The summed E-state index contributed by atoms with van der Waals surface area (Å²) in [5, 5.41) is 6.13. The summed E-state index contributed by atoms with van der Waals surface area (Å²) in [5.41, 5.74) is 0. The Hall–Kier alpha value is -0.810. The fourth-order valence-corrected chi connectivity index (χ4v) is 3.96. The second-order valence-electron chi connectivity index (χ2n) is 6.05. The van der Waals surface area contributed by atoms with Crippen LogP contribution >= 0.6 is 0 Å². The molecule has 4 rings (SSSR count). The molecule has 0 unspecified atom stereocenters. The first kappa shape index (κ1) is 11.1. The van der Waals surface area contributed by atoms with Gasteiger partial charge in [0, 0.05) is 0 Å². The first-order valence-electron chi connectivity index (χ1n) is 7.16. The van der Waals surface area contributed by atoms with Crippen molar-refractivity contribution in [1.82, 2.24) is 10.6 Å². The second-order valence-corrected chi connectivity index (χ2v) is 6.05. The van der Waals surface area contributed by atoms with E-state index in [1.54, 1.807) is 0 Å². The SMILES string of the molecule is O=C(N[C@H]1C[C@H]2CC[C@H]1O2)N[C@@H]1C[C@H]2CC[C@H]1O2. The summed E-state index contributed by atoms with van der Waals surface area (Å²) in [4.78, 5) is 12.0. The van der Waals surface area contributed by atoms with Gasteiger partial charge in [0.1, 0.15) is 0 Å². The molecule has 0 spiro atoms. The Morgan fingerprint density at radius 2 is 1.33 bits per heavy atom. The van der Waals surface area contributed by atoms with Crippen molar-refractivity contribution in [1.29, 1.82) is 0 Å². The molecular formula is C13H20N2O3. The summed E-state index contributed by atoms with van der Waals surface area (Å²) in [5.74, 6) is 0. The quantitative estimate of drug-likeness (QED) is 0.768. The molecule has 5 nitrogen and oxygen atoms in total. The Morgan fingerprint density at radius 3 is 1.67 bits per heavy atom. The zero-order chi connectivity index (χ0) is 12.1. The van der Waals surface area contributed by atoms with Crippen LogP contribution in [0.5, 0.6) is 0 Å². The van der Waals surface area contributed by atoms with Gasteiger partial charge in [0.25, 0.3) is 0 Å². The number of hydrogen-bond acceptors (Lipinski definition) is 3. The van der Waals surface area contributed by atoms with Crippen LogP contribution in [0.1, 0.15) is 38.5 Å². The lowest BCUT2D eigenvalue weighted by Gasteiger charge is -2.24. The summed E-state index contributed by atoms with van der Waals surface area (Å²) in [6, 6.07) is 0.379. The molecule has 2 amide bonds. The Labute approximate surface area is 107 Å². The van der Waals surface area contributed by atoms with Gasteiger partial charge < -0.3 is 20.1 Å². The van der Waals surface area contributed by atoms with Gasteiger partial charge in [-0.1, -0.05) is 0 Å². The molecule has 6 atom stereocenters. The lowest BCUT2D eigenvalue weighted by atomic mass is 9.95. The van der Waals surface area contributed by atoms with Gasteiger partial charge in [0.05, 0.1) is 36.5 Å². The number of carbonyl (C=O) groups excluding carboxylic acids is 1. The number of nitrogens with one attached hydrogen (secondary N) is 2. The van der Waals surface area contributed by atoms with Crippen LogP contribution in [0.4, 0.5) is 4.79 Å². The van der Waals surface area contributed by atoms with Crippen molar-refractivity contribution in [2.45, 2.75) is 75.0 Å². The van der Waals surface area contributed by atoms with Gasteiger partial charge in [-0.15, -0.1) is 0 Å². The maximum Gasteiger partial charge on any atom is 0.315 e. The third-order valence-electron chi connectivity index (χ3n) is 4.85. The van der Waals surface area contributed by atoms with E-state index in [-0.39, 0.29) is 30.3 Å². The monoisotopic (exact) mass is 252 g/mol. The molecule has 4 fully saturated rings. The average molecular weight is 252 g/mol. The molecule has 4 saturated heterocycles. The van der Waals surface area contributed by atoms with Crippen molar-refractivity contribution in [2.75, 3.05) is 0 Å². The molecule has 0 aromatic heterocycles. The number of rotatable bonds is 2. The van der Waals surface area contributed by atoms with E-state index in [0.717, 1.165) is 38.5 Å². The molecule has 0 saturated carbocycles. The van der Waals surface area contributed by atoms with E-state index >= 15 is 0 Å². The third-order valence-corrected chi connectivity index (χ3v) is 4.85. The molecule has 100 valence electrons. The standard InChI is InChI=1S/C13H20N2O3/c16-13(14-9-5-7-1-3-11(9)17-7)15-10-6-8-2-4-12(10)18-8/h7-12H,1-6H2,(H2,14,15,16)/t7-,8-,9-,10+,11-,12-/m1/s1. The number of fused-ring (bicyclic) bond motifs is 4. The van der Waals surface area contributed by atoms with Crippen LogP contribution in [0.25, 0.3) is 0 Å². The smallest absolute Gasteiger partial charge is 0.315 e. The predicted octanol–water partition coefficient (Wildman–Crippen LogP) is 0.925. The van der Waals surface area contributed by atoms with Crippen LogP contribution in [-0.4, -0.2) is 42.5 Å².